The summed E-state index contributed by atoms with van der Waals surface area (Å²) in [5.41, 5.74) is 0. The molecule has 0 amide bonds. The molecule has 0 aliphatic rings. The number of hydrogen-bond acceptors (Lipinski definition) is 1. The van der Waals surface area contributed by atoms with E-state index in [9.17, 15) is 0 Å². The molecule has 0 aliphatic heterocycles. The molecule has 0 spiro atoms. The van der Waals surface area contributed by atoms with Crippen LogP contribution < -0.4 is 0 Å². The van der Waals surface area contributed by atoms with E-state index in [0.717, 1.165) is 19.3 Å². The minimum absolute atomic E-state index is 0.331. The van der Waals surface area contributed by atoms with E-state index in [-0.39, 0.29) is 0 Å². The van der Waals surface area contributed by atoms with Crippen LogP contribution in [0.5, 0.6) is 0 Å². The first-order chi connectivity index (χ1) is 5.12. The monoisotopic (exact) mass is 125 g/mol. The van der Waals surface area contributed by atoms with Crippen LogP contribution in [0.2, 0.25) is 0 Å². The summed E-state index contributed by atoms with van der Waals surface area (Å²) in [4.78, 5) is 0. The van der Waals surface area contributed by atoms with E-state index in [1.165, 1.54) is 0 Å². The lowest BCUT2D eigenvalue weighted by Crippen LogP contribution is -1.73. The molecule has 9 heavy (non-hydrogen) atoms. The Morgan fingerprint density at radius 1 is 1.56 bits per heavy atom. The number of nitriles is 1. The molecule has 0 heterocycles. The van der Waals surface area contributed by atoms with Crippen molar-refractivity contribution >= 4 is 0 Å². The smallest absolute Gasteiger partial charge is 0.0621 e. The number of nitrogens with zero attached hydrogens (tertiary/aromatic N) is 1. The van der Waals surface area contributed by atoms with Crippen LogP contribution in [0, 0.1) is 11.3 Å². The van der Waals surface area contributed by atoms with Gasteiger partial charge in [-0.25, -0.2) is 0 Å². The number of allylic oxidation sites excluding steroid dienone is 1. The molecular formula is C8H13N. The van der Waals surface area contributed by atoms with Crippen LogP contribution in [-0.2, 0) is 0 Å². The van der Waals surface area contributed by atoms with Crippen LogP contribution in [-0.4, -0.2) is 0 Å². The van der Waals surface area contributed by atoms with Crippen LogP contribution in [0.25, 0.3) is 0 Å². The highest BCUT2D eigenvalue weighted by Gasteiger charge is 1.84. The van der Waals surface area contributed by atoms with E-state index in [1.807, 2.05) is 6.08 Å². The maximum absolute atomic E-state index is 8.31. The predicted octanol–water partition coefficient (Wildman–Crippen LogP) is 2.65. The van der Waals surface area contributed by atoms with Gasteiger partial charge in [0.25, 0.3) is 0 Å². The molecule has 1 nitrogen and oxygen atoms in total. The van der Waals surface area contributed by atoms with Gasteiger partial charge in [0.05, 0.1) is 6.07 Å². The molecule has 0 bridgehead atoms. The highest BCUT2D eigenvalue weighted by molar-refractivity contribution is 4.69. The standard InChI is InChI=1S/C8H13N/c1-2-3-4-5-6-7-8-9/h2H,1,3-7H2/i7D2. The summed E-state index contributed by atoms with van der Waals surface area (Å²) in [5, 5.41) is 8.31. The van der Waals surface area contributed by atoms with Crippen LogP contribution in [0.4, 0.5) is 0 Å². The second kappa shape index (κ2) is 7.23. The third-order valence-corrected chi connectivity index (χ3v) is 1.04. The second-order valence-electron chi connectivity index (χ2n) is 1.82. The molecule has 0 aromatic carbocycles. The van der Waals surface area contributed by atoms with Gasteiger partial charge in [-0.2, -0.15) is 5.26 Å². The molecule has 1 heteroatoms. The van der Waals surface area contributed by atoms with Gasteiger partial charge in [0, 0.05) is 9.11 Å². The Morgan fingerprint density at radius 2 is 2.33 bits per heavy atom. The highest BCUT2D eigenvalue weighted by Crippen LogP contribution is 2.01. The maximum Gasteiger partial charge on any atom is 0.0621 e. The quantitative estimate of drug-likeness (QED) is 0.409. The van der Waals surface area contributed by atoms with Crippen molar-refractivity contribution in [3.8, 4) is 6.07 Å². The molecule has 0 N–H and O–H groups in total. The van der Waals surface area contributed by atoms with Crippen molar-refractivity contribution < 1.29 is 2.74 Å². The molecule has 0 unspecified atom stereocenters. The zero-order valence-electron chi connectivity index (χ0n) is 7.56. The Balaban J connectivity index is 3.39. The highest BCUT2D eigenvalue weighted by atomic mass is 14.2. The van der Waals surface area contributed by atoms with Crippen LogP contribution >= 0.6 is 0 Å². The molecule has 0 atom stereocenters. The van der Waals surface area contributed by atoms with Gasteiger partial charge in [-0.3, -0.25) is 0 Å². The molecule has 0 aromatic heterocycles. The number of rotatable bonds is 5. The Morgan fingerprint density at radius 3 is 2.89 bits per heavy atom. The van der Waals surface area contributed by atoms with Crippen molar-refractivity contribution in [1.82, 2.24) is 0 Å². The van der Waals surface area contributed by atoms with Crippen LogP contribution in [0.1, 0.15) is 34.8 Å². The summed E-state index contributed by atoms with van der Waals surface area (Å²) in [6, 6.07) is 1.63. The third kappa shape index (κ3) is 7.23. The Labute approximate surface area is 59.8 Å². The fraction of sp³-hybridized carbons (Fsp3) is 0.625. The van der Waals surface area contributed by atoms with E-state index in [1.54, 1.807) is 6.07 Å². The molecule has 0 rings (SSSR count). The molecule has 0 saturated heterocycles. The average Bonchev–Trinajstić information content (AvgIpc) is 1.99. The van der Waals surface area contributed by atoms with E-state index in [2.05, 4.69) is 6.58 Å². The van der Waals surface area contributed by atoms with Crippen molar-refractivity contribution in [3.63, 3.8) is 0 Å². The summed E-state index contributed by atoms with van der Waals surface area (Å²) in [6.45, 7) is 3.56. The van der Waals surface area contributed by atoms with E-state index in [4.69, 9.17) is 8.00 Å². The largest absolute Gasteiger partial charge is 0.198 e. The first kappa shape index (κ1) is 5.05. The predicted molar refractivity (Wildman–Crippen MR) is 38.9 cm³/mol. The number of unbranched alkanes of at least 4 members (excludes halogenated alkanes) is 2. The van der Waals surface area contributed by atoms with Gasteiger partial charge in [0.2, 0.25) is 0 Å². The number of hydrogen-bond donors (Lipinski definition) is 0. The molecular weight excluding hydrogens is 110 g/mol. The van der Waals surface area contributed by atoms with Gasteiger partial charge >= 0.3 is 0 Å². The van der Waals surface area contributed by atoms with Gasteiger partial charge in [-0.05, 0) is 19.3 Å². The zero-order chi connectivity index (χ0) is 8.74. The molecule has 0 fully saturated rings. The fourth-order valence-corrected chi connectivity index (χ4v) is 0.558. The van der Waals surface area contributed by atoms with Crippen LogP contribution in [0.3, 0.4) is 0 Å². The zero-order valence-corrected chi connectivity index (χ0v) is 5.56. The summed E-state index contributed by atoms with van der Waals surface area (Å²) in [6.07, 6.45) is 3.08. The topological polar surface area (TPSA) is 23.8 Å². The summed E-state index contributed by atoms with van der Waals surface area (Å²) in [7, 11) is 0. The van der Waals surface area contributed by atoms with E-state index < -0.39 is 6.37 Å². The van der Waals surface area contributed by atoms with E-state index >= 15 is 0 Å². The Hall–Kier alpha value is -0.770. The third-order valence-electron chi connectivity index (χ3n) is 1.04. The van der Waals surface area contributed by atoms with Crippen molar-refractivity contribution in [2.24, 2.45) is 0 Å². The lowest BCUT2D eigenvalue weighted by atomic mass is 10.1. The first-order valence-corrected chi connectivity index (χ1v) is 3.14. The fourth-order valence-electron chi connectivity index (χ4n) is 0.558. The van der Waals surface area contributed by atoms with E-state index in [0.29, 0.717) is 6.42 Å². The van der Waals surface area contributed by atoms with Gasteiger partial charge in [-0.1, -0.05) is 12.5 Å². The maximum atomic E-state index is 8.31. The minimum Gasteiger partial charge on any atom is -0.198 e. The van der Waals surface area contributed by atoms with Crippen LogP contribution in [0.15, 0.2) is 12.7 Å². The van der Waals surface area contributed by atoms with Crippen molar-refractivity contribution in [1.29, 1.82) is 5.26 Å². The molecule has 0 radical (unpaired) electrons. The Bertz CT molecular complexity index is 158. The van der Waals surface area contributed by atoms with Gasteiger partial charge in [-0.15, -0.1) is 6.58 Å². The molecule has 0 saturated carbocycles. The first-order valence-electron chi connectivity index (χ1n) is 4.14. The van der Waals surface area contributed by atoms with Crippen molar-refractivity contribution in [2.75, 3.05) is 0 Å². The van der Waals surface area contributed by atoms with Gasteiger partial charge < -0.3 is 0 Å². The lowest BCUT2D eigenvalue weighted by Gasteiger charge is -1.90. The molecule has 0 aromatic rings. The summed E-state index contributed by atoms with van der Waals surface area (Å²) in [5.74, 6) is 0. The molecule has 0 aliphatic carbocycles. The normalized spacial score (nSPS) is 13.2. The average molecular weight is 125 g/mol. The molecule has 50 valence electrons. The Kier molecular flexibility index (Phi) is 4.06. The summed E-state index contributed by atoms with van der Waals surface area (Å²) >= 11 is 0. The van der Waals surface area contributed by atoms with Crippen molar-refractivity contribution in [3.05, 3.63) is 12.7 Å². The van der Waals surface area contributed by atoms with Gasteiger partial charge in [0.1, 0.15) is 0 Å². The SMILES string of the molecule is [2H]C([2H])(C#N)CCCCC=C. The lowest BCUT2D eigenvalue weighted by molar-refractivity contribution is 0.700. The van der Waals surface area contributed by atoms with Crippen molar-refractivity contribution in [2.45, 2.75) is 32.1 Å². The van der Waals surface area contributed by atoms with Gasteiger partial charge in [0.15, 0.2) is 0 Å². The second-order valence-corrected chi connectivity index (χ2v) is 1.82. The minimum atomic E-state index is -1.64. The summed E-state index contributed by atoms with van der Waals surface area (Å²) < 4.78 is 14.2.